The Balaban J connectivity index is 2.59. The molecule has 1 aliphatic heterocycles. The maximum Gasteiger partial charge on any atom is 0.344 e. The topological polar surface area (TPSA) is 35.5 Å². The Morgan fingerprint density at radius 3 is 2.92 bits per heavy atom. The summed E-state index contributed by atoms with van der Waals surface area (Å²) in [6.07, 6.45) is 0. The van der Waals surface area contributed by atoms with Crippen molar-refractivity contribution in [2.45, 2.75) is 0 Å². The molecule has 1 aromatic carbocycles. The predicted molar refractivity (Wildman–Crippen MR) is 37.3 cm³/mol. The van der Waals surface area contributed by atoms with Crippen molar-refractivity contribution in [2.75, 3.05) is 6.79 Å². The van der Waals surface area contributed by atoms with Crippen molar-refractivity contribution >= 4 is 5.97 Å². The molecule has 0 aliphatic carbocycles. The van der Waals surface area contributed by atoms with Gasteiger partial charge in [-0.2, -0.15) is 0 Å². The molecular formula is C8H5FO3. The number of ether oxygens (including phenoxy) is 2. The van der Waals surface area contributed by atoms with Gasteiger partial charge in [0.25, 0.3) is 0 Å². The summed E-state index contributed by atoms with van der Waals surface area (Å²) in [5, 5.41) is 0. The molecule has 12 heavy (non-hydrogen) atoms. The third kappa shape index (κ3) is 0.922. The van der Waals surface area contributed by atoms with Gasteiger partial charge in [-0.25, -0.2) is 9.18 Å². The van der Waals surface area contributed by atoms with Crippen LogP contribution < -0.4 is 4.74 Å². The van der Waals surface area contributed by atoms with Gasteiger partial charge >= 0.3 is 5.97 Å². The van der Waals surface area contributed by atoms with Gasteiger partial charge < -0.3 is 9.47 Å². The van der Waals surface area contributed by atoms with Gasteiger partial charge in [0, 0.05) is 0 Å². The fraction of sp³-hybridized carbons (Fsp3) is 0.125. The lowest BCUT2D eigenvalue weighted by Crippen LogP contribution is -2.19. The molecule has 1 aliphatic rings. The normalized spacial score (nSPS) is 14.6. The fourth-order valence-electron chi connectivity index (χ4n) is 1.04. The minimum atomic E-state index is -0.546. The van der Waals surface area contributed by atoms with Crippen molar-refractivity contribution in [2.24, 2.45) is 0 Å². The van der Waals surface area contributed by atoms with E-state index in [-0.39, 0.29) is 18.1 Å². The minimum absolute atomic E-state index is 0.0197. The summed E-state index contributed by atoms with van der Waals surface area (Å²) in [5.74, 6) is -1.10. The highest BCUT2D eigenvalue weighted by Crippen LogP contribution is 2.26. The van der Waals surface area contributed by atoms with E-state index < -0.39 is 11.8 Å². The molecule has 0 atom stereocenters. The number of hydrogen-bond acceptors (Lipinski definition) is 3. The highest BCUT2D eigenvalue weighted by atomic mass is 19.1. The highest BCUT2D eigenvalue weighted by Gasteiger charge is 2.22. The van der Waals surface area contributed by atoms with E-state index >= 15 is 0 Å². The first kappa shape index (κ1) is 7.09. The molecule has 0 unspecified atom stereocenters. The minimum Gasteiger partial charge on any atom is -0.453 e. The van der Waals surface area contributed by atoms with Crippen molar-refractivity contribution in [3.8, 4) is 5.75 Å². The monoisotopic (exact) mass is 168 g/mol. The molecule has 0 saturated heterocycles. The van der Waals surface area contributed by atoms with Crippen LogP contribution in [0.3, 0.4) is 0 Å². The van der Waals surface area contributed by atoms with Crippen molar-refractivity contribution in [1.29, 1.82) is 0 Å². The van der Waals surface area contributed by atoms with Crippen molar-refractivity contribution in [1.82, 2.24) is 0 Å². The van der Waals surface area contributed by atoms with Crippen LogP contribution >= 0.6 is 0 Å². The fourth-order valence-corrected chi connectivity index (χ4v) is 1.04. The molecule has 0 aromatic heterocycles. The molecule has 2 rings (SSSR count). The second-order valence-electron chi connectivity index (χ2n) is 2.31. The van der Waals surface area contributed by atoms with Gasteiger partial charge in [-0.3, -0.25) is 0 Å². The van der Waals surface area contributed by atoms with Crippen LogP contribution in [0.4, 0.5) is 4.39 Å². The Bertz CT molecular complexity index is 335. The van der Waals surface area contributed by atoms with Gasteiger partial charge in [0.2, 0.25) is 6.79 Å². The average Bonchev–Trinajstić information content (AvgIpc) is 2.07. The van der Waals surface area contributed by atoms with Crippen LogP contribution in [0.5, 0.6) is 5.75 Å². The third-order valence-electron chi connectivity index (χ3n) is 1.58. The number of fused-ring (bicyclic) bond motifs is 1. The Kier molecular flexibility index (Phi) is 1.46. The molecule has 4 heteroatoms. The van der Waals surface area contributed by atoms with Crippen molar-refractivity contribution < 1.29 is 18.7 Å². The number of halogens is 1. The molecular weight excluding hydrogens is 163 g/mol. The first-order valence-corrected chi connectivity index (χ1v) is 3.37. The number of hydrogen-bond donors (Lipinski definition) is 0. The lowest BCUT2D eigenvalue weighted by Gasteiger charge is -2.16. The van der Waals surface area contributed by atoms with Crippen molar-refractivity contribution in [3.05, 3.63) is 29.6 Å². The molecule has 1 heterocycles. The van der Waals surface area contributed by atoms with Crippen molar-refractivity contribution in [3.63, 3.8) is 0 Å². The number of benzene rings is 1. The first-order chi connectivity index (χ1) is 5.79. The maximum absolute atomic E-state index is 12.9. The van der Waals surface area contributed by atoms with Gasteiger partial charge in [-0.05, 0) is 12.1 Å². The lowest BCUT2D eigenvalue weighted by molar-refractivity contribution is 0.00330. The summed E-state index contributed by atoms with van der Waals surface area (Å²) >= 11 is 0. The lowest BCUT2D eigenvalue weighted by atomic mass is 10.2. The van der Waals surface area contributed by atoms with Crippen LogP contribution in [-0.2, 0) is 4.74 Å². The number of carbonyl (C=O) groups is 1. The van der Waals surface area contributed by atoms with E-state index in [9.17, 15) is 9.18 Å². The number of para-hydroxylation sites is 1. The highest BCUT2D eigenvalue weighted by molar-refractivity contribution is 5.93. The van der Waals surface area contributed by atoms with Gasteiger partial charge in [-0.15, -0.1) is 0 Å². The van der Waals surface area contributed by atoms with Gasteiger partial charge in [0.15, 0.2) is 11.6 Å². The second kappa shape index (κ2) is 2.48. The van der Waals surface area contributed by atoms with E-state index in [0.29, 0.717) is 0 Å². The molecule has 1 aromatic rings. The van der Waals surface area contributed by atoms with Gasteiger partial charge in [0.1, 0.15) is 5.56 Å². The molecule has 0 radical (unpaired) electrons. The number of rotatable bonds is 0. The standard InChI is InChI=1S/C8H5FO3/c9-6-3-1-2-5-7(6)11-4-12-8(5)10/h1-3H,4H2. The summed E-state index contributed by atoms with van der Waals surface area (Å²) in [6.45, 7) is -0.216. The van der Waals surface area contributed by atoms with Crippen LogP contribution in [0.1, 0.15) is 10.4 Å². The number of esters is 1. The summed E-state index contributed by atoms with van der Waals surface area (Å²) in [7, 11) is 0. The van der Waals surface area contributed by atoms with E-state index in [4.69, 9.17) is 4.74 Å². The second-order valence-corrected chi connectivity index (χ2v) is 2.31. The van der Waals surface area contributed by atoms with Gasteiger partial charge in [0.05, 0.1) is 0 Å². The average molecular weight is 168 g/mol. The van der Waals surface area contributed by atoms with Crippen LogP contribution in [-0.4, -0.2) is 12.8 Å². The zero-order valence-corrected chi connectivity index (χ0v) is 6.04. The Morgan fingerprint density at radius 1 is 1.33 bits per heavy atom. The third-order valence-corrected chi connectivity index (χ3v) is 1.58. The molecule has 0 fully saturated rings. The SMILES string of the molecule is O=C1OCOc2c(F)cccc21. The van der Waals surface area contributed by atoms with Gasteiger partial charge in [-0.1, -0.05) is 6.07 Å². The summed E-state index contributed by atoms with van der Waals surface area (Å²) in [4.78, 5) is 11.0. The largest absolute Gasteiger partial charge is 0.453 e. The van der Waals surface area contributed by atoms with Crippen LogP contribution in [0, 0.1) is 5.82 Å². The molecule has 0 bridgehead atoms. The predicted octanol–water partition coefficient (Wildman–Crippen LogP) is 1.33. The molecule has 62 valence electrons. The number of cyclic esters (lactones) is 1. The van der Waals surface area contributed by atoms with E-state index in [1.54, 1.807) is 0 Å². The smallest absolute Gasteiger partial charge is 0.344 e. The molecule has 0 saturated carbocycles. The van der Waals surface area contributed by atoms with E-state index in [1.165, 1.54) is 18.2 Å². The summed E-state index contributed by atoms with van der Waals surface area (Å²) in [6, 6.07) is 4.13. The summed E-state index contributed by atoms with van der Waals surface area (Å²) < 4.78 is 22.2. The quantitative estimate of drug-likeness (QED) is 0.548. The van der Waals surface area contributed by atoms with E-state index in [0.717, 1.165) is 0 Å². The number of carbonyl (C=O) groups excluding carboxylic acids is 1. The molecule has 0 spiro atoms. The summed E-state index contributed by atoms with van der Waals surface area (Å²) in [5.41, 5.74) is 0.140. The Morgan fingerprint density at radius 2 is 2.17 bits per heavy atom. The zero-order chi connectivity index (χ0) is 8.55. The Hall–Kier alpha value is -1.58. The van der Waals surface area contributed by atoms with Crippen LogP contribution in [0.2, 0.25) is 0 Å². The zero-order valence-electron chi connectivity index (χ0n) is 6.04. The Labute approximate surface area is 67.7 Å². The maximum atomic E-state index is 12.9. The van der Waals surface area contributed by atoms with Crippen LogP contribution in [0.25, 0.3) is 0 Å². The molecule has 0 amide bonds. The molecule has 0 N–H and O–H groups in total. The molecule has 3 nitrogen and oxygen atoms in total. The first-order valence-electron chi connectivity index (χ1n) is 3.37. The van der Waals surface area contributed by atoms with Crippen LogP contribution in [0.15, 0.2) is 18.2 Å². The van der Waals surface area contributed by atoms with E-state index in [2.05, 4.69) is 4.74 Å². The van der Waals surface area contributed by atoms with E-state index in [1.807, 2.05) is 0 Å².